The van der Waals surface area contributed by atoms with Crippen LogP contribution < -0.4 is 0 Å². The van der Waals surface area contributed by atoms with Crippen LogP contribution in [0.25, 0.3) is 11.6 Å². The predicted molar refractivity (Wildman–Crippen MR) is 103 cm³/mol. The van der Waals surface area contributed by atoms with Crippen LogP contribution in [0.3, 0.4) is 0 Å². The third-order valence-electron chi connectivity index (χ3n) is 6.04. The number of hydrogen-bond acceptors (Lipinski definition) is 0. The zero-order valence-corrected chi connectivity index (χ0v) is 14.4. The van der Waals surface area contributed by atoms with E-state index in [2.05, 4.69) is 61.6 Å². The molecule has 0 bridgehead atoms. The lowest BCUT2D eigenvalue weighted by molar-refractivity contribution is 0.669. The Morgan fingerprint density at radius 1 is 1.08 bits per heavy atom. The van der Waals surface area contributed by atoms with Crippen molar-refractivity contribution in [3.8, 4) is 0 Å². The van der Waals surface area contributed by atoms with E-state index in [-0.39, 0.29) is 0 Å². The number of benzene rings is 1. The fraction of sp³-hybridized carbons (Fsp3) is 0.333. The molecular formula is C24H24. The summed E-state index contributed by atoms with van der Waals surface area (Å²) < 4.78 is 0. The zero-order valence-electron chi connectivity index (χ0n) is 14.4. The molecule has 4 aliphatic carbocycles. The van der Waals surface area contributed by atoms with Crippen LogP contribution in [-0.4, -0.2) is 0 Å². The van der Waals surface area contributed by atoms with Crippen molar-refractivity contribution in [1.82, 2.24) is 0 Å². The van der Waals surface area contributed by atoms with Crippen LogP contribution in [0.1, 0.15) is 61.6 Å². The van der Waals surface area contributed by atoms with Crippen molar-refractivity contribution in [3.05, 3.63) is 82.0 Å². The first-order chi connectivity index (χ1) is 11.8. The van der Waals surface area contributed by atoms with Crippen LogP contribution in [-0.2, 0) is 0 Å². The lowest BCUT2D eigenvalue weighted by Crippen LogP contribution is -1.95. The summed E-state index contributed by atoms with van der Waals surface area (Å²) in [7, 11) is 0. The highest BCUT2D eigenvalue weighted by atomic mass is 14.3. The molecule has 0 heteroatoms. The lowest BCUT2D eigenvalue weighted by Gasteiger charge is -2.12. The molecule has 1 aromatic rings. The highest BCUT2D eigenvalue weighted by Gasteiger charge is 2.28. The second-order valence-corrected chi connectivity index (χ2v) is 7.79. The Hall–Kier alpha value is -2.08. The third-order valence-corrected chi connectivity index (χ3v) is 6.04. The van der Waals surface area contributed by atoms with Crippen molar-refractivity contribution >= 4 is 11.6 Å². The quantitative estimate of drug-likeness (QED) is 0.588. The first-order valence-electron chi connectivity index (χ1n) is 9.38. The lowest BCUT2D eigenvalue weighted by atomic mass is 9.92. The van der Waals surface area contributed by atoms with Crippen molar-refractivity contribution in [2.45, 2.75) is 44.9 Å². The molecule has 1 unspecified atom stereocenters. The van der Waals surface area contributed by atoms with Gasteiger partial charge in [0.2, 0.25) is 0 Å². The molecule has 0 aromatic heterocycles. The van der Waals surface area contributed by atoms with Crippen LogP contribution in [0, 0.1) is 5.92 Å². The van der Waals surface area contributed by atoms with Crippen molar-refractivity contribution in [3.63, 3.8) is 0 Å². The van der Waals surface area contributed by atoms with Crippen molar-refractivity contribution in [1.29, 1.82) is 0 Å². The van der Waals surface area contributed by atoms with Gasteiger partial charge in [-0.2, -0.15) is 0 Å². The van der Waals surface area contributed by atoms with Gasteiger partial charge < -0.3 is 0 Å². The molecule has 1 aromatic carbocycles. The van der Waals surface area contributed by atoms with Gasteiger partial charge in [0.25, 0.3) is 0 Å². The van der Waals surface area contributed by atoms with E-state index in [1.54, 1.807) is 5.56 Å². The maximum absolute atomic E-state index is 2.43. The van der Waals surface area contributed by atoms with Crippen LogP contribution in [0.4, 0.5) is 0 Å². The molecule has 24 heavy (non-hydrogen) atoms. The second kappa shape index (κ2) is 5.48. The topological polar surface area (TPSA) is 0 Å². The first-order valence-corrected chi connectivity index (χ1v) is 9.38. The Morgan fingerprint density at radius 3 is 2.79 bits per heavy atom. The smallest absolute Gasteiger partial charge is 0.00298 e. The zero-order chi connectivity index (χ0) is 16.1. The number of hydrogen-bond donors (Lipinski definition) is 0. The molecule has 5 rings (SSSR count). The van der Waals surface area contributed by atoms with Crippen LogP contribution in [0.2, 0.25) is 0 Å². The summed E-state index contributed by atoms with van der Waals surface area (Å²) in [5.74, 6) is 1.66. The molecule has 120 valence electrons. The molecule has 1 atom stereocenters. The standard InChI is InChI=1S/C24H24/c1-16-3-2-4-23(16)21-8-7-18(14-21)19-11-12-24-20(13-17-5-6-17)9-10-22(24)15-19/h2-3,8-12,14-15,17,20H,4-7,13H2,1H3. The SMILES string of the molecule is CC1=C(C2=CCC(c3ccc4c(c3)C=CC4CC3CC3)=C2)CC=C1. The molecule has 4 aliphatic rings. The maximum atomic E-state index is 2.43. The van der Waals surface area contributed by atoms with Gasteiger partial charge in [0.05, 0.1) is 0 Å². The van der Waals surface area contributed by atoms with Gasteiger partial charge in [-0.3, -0.25) is 0 Å². The Balaban J connectivity index is 1.39. The van der Waals surface area contributed by atoms with Gasteiger partial charge in [0, 0.05) is 5.92 Å². The minimum absolute atomic E-state index is 0.671. The summed E-state index contributed by atoms with van der Waals surface area (Å²) in [5.41, 5.74) is 10.3. The fourth-order valence-corrected chi connectivity index (χ4v) is 4.40. The molecule has 0 aliphatic heterocycles. The van der Waals surface area contributed by atoms with Gasteiger partial charge in [-0.15, -0.1) is 0 Å². The third kappa shape index (κ3) is 2.45. The first kappa shape index (κ1) is 14.3. The van der Waals surface area contributed by atoms with Gasteiger partial charge in [0.15, 0.2) is 0 Å². The summed E-state index contributed by atoms with van der Waals surface area (Å²) in [6, 6.07) is 7.15. The monoisotopic (exact) mass is 312 g/mol. The normalized spacial score (nSPS) is 24.6. The minimum atomic E-state index is 0.671. The largest absolute Gasteiger partial charge is 0.0798 e. The maximum Gasteiger partial charge on any atom is 0.00298 e. The van der Waals surface area contributed by atoms with Crippen LogP contribution in [0.5, 0.6) is 0 Å². The van der Waals surface area contributed by atoms with Gasteiger partial charge in [0.1, 0.15) is 0 Å². The predicted octanol–water partition coefficient (Wildman–Crippen LogP) is 6.59. The average molecular weight is 312 g/mol. The molecule has 0 spiro atoms. The summed E-state index contributed by atoms with van der Waals surface area (Å²) in [6.45, 7) is 2.23. The Bertz CT molecular complexity index is 850. The van der Waals surface area contributed by atoms with E-state index in [1.807, 2.05) is 0 Å². The summed E-state index contributed by atoms with van der Waals surface area (Å²) in [6.07, 6.45) is 20.5. The van der Waals surface area contributed by atoms with Crippen molar-refractivity contribution in [2.75, 3.05) is 0 Å². The van der Waals surface area contributed by atoms with Crippen LogP contribution >= 0.6 is 0 Å². The molecule has 0 nitrogen and oxygen atoms in total. The number of allylic oxidation sites excluding steroid dienone is 9. The minimum Gasteiger partial charge on any atom is -0.0798 e. The van der Waals surface area contributed by atoms with E-state index in [4.69, 9.17) is 0 Å². The molecular weight excluding hydrogens is 288 g/mol. The highest BCUT2D eigenvalue weighted by molar-refractivity contribution is 5.78. The molecule has 0 heterocycles. The molecule has 0 amide bonds. The Labute approximate surface area is 145 Å². The summed E-state index contributed by atoms with van der Waals surface area (Å²) >= 11 is 0. The second-order valence-electron chi connectivity index (χ2n) is 7.79. The summed E-state index contributed by atoms with van der Waals surface area (Å²) in [4.78, 5) is 0. The molecule has 1 fully saturated rings. The average Bonchev–Trinajstić information content (AvgIpc) is 2.99. The number of fused-ring (bicyclic) bond motifs is 1. The van der Waals surface area contributed by atoms with Crippen LogP contribution in [0.15, 0.2) is 65.3 Å². The van der Waals surface area contributed by atoms with E-state index in [9.17, 15) is 0 Å². The van der Waals surface area contributed by atoms with Crippen molar-refractivity contribution in [2.24, 2.45) is 5.92 Å². The van der Waals surface area contributed by atoms with Gasteiger partial charge in [-0.1, -0.05) is 61.4 Å². The van der Waals surface area contributed by atoms with E-state index >= 15 is 0 Å². The molecule has 0 N–H and O–H groups in total. The van der Waals surface area contributed by atoms with E-state index in [0.29, 0.717) is 5.92 Å². The van der Waals surface area contributed by atoms with Crippen molar-refractivity contribution < 1.29 is 0 Å². The van der Waals surface area contributed by atoms with Gasteiger partial charge >= 0.3 is 0 Å². The van der Waals surface area contributed by atoms with E-state index < -0.39 is 0 Å². The Kier molecular flexibility index (Phi) is 3.26. The molecule has 1 saturated carbocycles. The highest BCUT2D eigenvalue weighted by Crippen LogP contribution is 2.43. The number of rotatable bonds is 4. The molecule has 0 saturated heterocycles. The van der Waals surface area contributed by atoms with Gasteiger partial charge in [-0.05, 0) is 77.2 Å². The van der Waals surface area contributed by atoms with Gasteiger partial charge in [-0.25, -0.2) is 0 Å². The fourth-order valence-electron chi connectivity index (χ4n) is 4.40. The summed E-state index contributed by atoms with van der Waals surface area (Å²) in [5, 5.41) is 0. The van der Waals surface area contributed by atoms with E-state index in [0.717, 1.165) is 18.8 Å². The van der Waals surface area contributed by atoms with E-state index in [1.165, 1.54) is 52.7 Å². The molecule has 0 radical (unpaired) electrons. The Morgan fingerprint density at radius 2 is 2.00 bits per heavy atom.